The maximum Gasteiger partial charge on any atom is 0.410 e. The Labute approximate surface area is 277 Å². The highest BCUT2D eigenvalue weighted by atomic mass is 32.2. The molecule has 0 atom stereocenters. The average molecular weight is 684 g/mol. The van der Waals surface area contributed by atoms with E-state index in [2.05, 4.69) is 14.8 Å². The number of hydrogen-bond donors (Lipinski definition) is 1. The Bertz CT molecular complexity index is 1920. The molecule has 0 aliphatic carbocycles. The van der Waals surface area contributed by atoms with Gasteiger partial charge in [-0.2, -0.15) is 17.8 Å². The molecule has 4 heterocycles. The van der Waals surface area contributed by atoms with Gasteiger partial charge >= 0.3 is 16.3 Å². The van der Waals surface area contributed by atoms with Crippen LogP contribution in [0.5, 0.6) is 0 Å². The highest BCUT2D eigenvalue weighted by molar-refractivity contribution is 7.90. The SMILES string of the molecule is CC(C)(C)OC(=O)N1CCN(c2ccc(-n3cc(-c4cc(F)cc(NS(=O)(=O)N5CCCC5)c4F)c(-c4ccncc4)n3)c(F)c2)CC1. The molecule has 1 amide bonds. The number of carbonyl (C=O) groups is 1. The Hall–Kier alpha value is -4.63. The fraction of sp³-hybridized carbons (Fsp3) is 0.364. The number of ether oxygens (including phenoxy) is 1. The maximum absolute atomic E-state index is 16.1. The molecule has 48 heavy (non-hydrogen) atoms. The Morgan fingerprint density at radius 3 is 2.23 bits per heavy atom. The lowest BCUT2D eigenvalue weighted by atomic mass is 10.0. The zero-order chi connectivity index (χ0) is 34.2. The molecule has 11 nitrogen and oxygen atoms in total. The van der Waals surface area contributed by atoms with Gasteiger partial charge in [0.2, 0.25) is 0 Å². The minimum atomic E-state index is -4.12. The van der Waals surface area contributed by atoms with Gasteiger partial charge in [0.15, 0.2) is 11.6 Å². The number of aromatic nitrogens is 3. The number of anilines is 2. The largest absolute Gasteiger partial charge is 0.444 e. The number of halogens is 3. The van der Waals surface area contributed by atoms with Gasteiger partial charge < -0.3 is 14.5 Å². The summed E-state index contributed by atoms with van der Waals surface area (Å²) in [5.74, 6) is -2.49. The predicted octanol–water partition coefficient (Wildman–Crippen LogP) is 5.83. The van der Waals surface area contributed by atoms with Crippen LogP contribution in [0.1, 0.15) is 33.6 Å². The van der Waals surface area contributed by atoms with Crippen LogP contribution in [-0.2, 0) is 14.9 Å². The summed E-state index contributed by atoms with van der Waals surface area (Å²) in [6.07, 6.45) is 5.35. The summed E-state index contributed by atoms with van der Waals surface area (Å²) < 4.78 is 82.7. The summed E-state index contributed by atoms with van der Waals surface area (Å²) in [5.41, 5.74) is 0.0665. The van der Waals surface area contributed by atoms with Gasteiger partial charge in [-0.05, 0) is 70.0 Å². The molecule has 2 fully saturated rings. The van der Waals surface area contributed by atoms with Crippen molar-refractivity contribution in [1.29, 1.82) is 0 Å². The third-order valence-corrected chi connectivity index (χ3v) is 9.64. The molecule has 0 saturated carbocycles. The van der Waals surface area contributed by atoms with Crippen LogP contribution < -0.4 is 9.62 Å². The highest BCUT2D eigenvalue weighted by Gasteiger charge is 2.29. The number of pyridine rings is 1. The smallest absolute Gasteiger partial charge is 0.410 e. The quantitative estimate of drug-likeness (QED) is 0.261. The summed E-state index contributed by atoms with van der Waals surface area (Å²) in [6, 6.07) is 9.61. The van der Waals surface area contributed by atoms with Crippen LogP contribution in [0.3, 0.4) is 0 Å². The number of nitrogens with one attached hydrogen (secondary N) is 1. The maximum atomic E-state index is 16.1. The summed E-state index contributed by atoms with van der Waals surface area (Å²) in [4.78, 5) is 20.0. The molecular formula is C33H36F3N7O4S. The van der Waals surface area contributed by atoms with E-state index in [1.807, 2.05) is 4.90 Å². The first kappa shape index (κ1) is 33.3. The van der Waals surface area contributed by atoms with Gasteiger partial charge in [-0.15, -0.1) is 0 Å². The van der Waals surface area contributed by atoms with Crippen molar-refractivity contribution in [3.8, 4) is 28.1 Å². The molecule has 2 aromatic carbocycles. The van der Waals surface area contributed by atoms with Crippen LogP contribution in [0.25, 0.3) is 28.1 Å². The van der Waals surface area contributed by atoms with Crippen molar-refractivity contribution in [2.24, 2.45) is 0 Å². The zero-order valence-electron chi connectivity index (χ0n) is 26.8. The topological polar surface area (TPSA) is 113 Å². The molecule has 0 unspecified atom stereocenters. The third-order valence-electron chi connectivity index (χ3n) is 8.11. The number of rotatable bonds is 7. The van der Waals surface area contributed by atoms with Crippen LogP contribution in [0.2, 0.25) is 0 Å². The highest BCUT2D eigenvalue weighted by Crippen LogP contribution is 2.37. The second-order valence-electron chi connectivity index (χ2n) is 12.7. The van der Waals surface area contributed by atoms with Crippen LogP contribution >= 0.6 is 0 Å². The summed E-state index contributed by atoms with van der Waals surface area (Å²) in [7, 11) is -4.12. The van der Waals surface area contributed by atoms with Crippen molar-refractivity contribution in [1.82, 2.24) is 24.0 Å². The molecule has 0 spiro atoms. The number of amides is 1. The molecule has 6 rings (SSSR count). The van der Waals surface area contributed by atoms with Gasteiger partial charge in [0.1, 0.15) is 22.8 Å². The van der Waals surface area contributed by atoms with E-state index in [1.54, 1.807) is 43.9 Å². The van der Waals surface area contributed by atoms with E-state index >= 15 is 8.78 Å². The lowest BCUT2D eigenvalue weighted by molar-refractivity contribution is 0.0240. The van der Waals surface area contributed by atoms with Crippen molar-refractivity contribution in [2.75, 3.05) is 48.9 Å². The van der Waals surface area contributed by atoms with Gasteiger partial charge in [0, 0.05) is 86.3 Å². The monoisotopic (exact) mass is 683 g/mol. The molecule has 0 bridgehead atoms. The Morgan fingerprint density at radius 2 is 1.58 bits per heavy atom. The standard InChI is InChI=1S/C33H36F3N7O4S/c1-33(2,3)47-32(44)41-16-14-40(15-17-41)24-6-7-29(27(35)20-24)43-21-26(31(38-43)22-8-10-37-11-9-22)25-18-23(34)19-28(30(25)36)39-48(45,46)42-12-4-5-13-42/h6-11,18-21,39H,4-5,12-17H2,1-3H3. The van der Waals surface area contributed by atoms with E-state index in [9.17, 15) is 17.6 Å². The first-order valence-electron chi connectivity index (χ1n) is 15.6. The molecule has 2 aliphatic rings. The zero-order valence-corrected chi connectivity index (χ0v) is 27.6. The number of carbonyl (C=O) groups excluding carboxylic acids is 1. The fourth-order valence-electron chi connectivity index (χ4n) is 5.76. The summed E-state index contributed by atoms with van der Waals surface area (Å²) in [5, 5.41) is 4.57. The number of benzene rings is 2. The molecule has 2 aromatic heterocycles. The van der Waals surface area contributed by atoms with Gasteiger partial charge in [0.25, 0.3) is 0 Å². The van der Waals surface area contributed by atoms with E-state index in [0.29, 0.717) is 50.3 Å². The second kappa shape index (κ2) is 13.1. The van der Waals surface area contributed by atoms with Crippen molar-refractivity contribution < 1.29 is 31.1 Å². The number of piperazine rings is 1. The molecule has 1 N–H and O–H groups in total. The fourth-order valence-corrected chi connectivity index (χ4v) is 7.06. The number of nitrogens with zero attached hydrogens (tertiary/aromatic N) is 6. The molecule has 254 valence electrons. The summed E-state index contributed by atoms with van der Waals surface area (Å²) in [6.45, 7) is 7.74. The number of hydrogen-bond acceptors (Lipinski definition) is 7. The normalized spacial score (nSPS) is 16.0. The average Bonchev–Trinajstić information content (AvgIpc) is 3.74. The van der Waals surface area contributed by atoms with E-state index in [1.165, 1.54) is 39.7 Å². The summed E-state index contributed by atoms with van der Waals surface area (Å²) >= 11 is 0. The third kappa shape index (κ3) is 7.11. The van der Waals surface area contributed by atoms with Crippen LogP contribution in [0.15, 0.2) is 61.1 Å². The minimum absolute atomic E-state index is 0.0551. The van der Waals surface area contributed by atoms with E-state index in [4.69, 9.17) is 4.74 Å². The van der Waals surface area contributed by atoms with Crippen LogP contribution in [0.4, 0.5) is 29.3 Å². The van der Waals surface area contributed by atoms with E-state index in [0.717, 1.165) is 12.1 Å². The van der Waals surface area contributed by atoms with Gasteiger partial charge in [0.05, 0.1) is 5.69 Å². The van der Waals surface area contributed by atoms with Crippen LogP contribution in [-0.4, -0.2) is 83.4 Å². The molecule has 0 radical (unpaired) electrons. The van der Waals surface area contributed by atoms with Gasteiger partial charge in [-0.1, -0.05) is 0 Å². The van der Waals surface area contributed by atoms with Crippen molar-refractivity contribution >= 4 is 27.7 Å². The lowest BCUT2D eigenvalue weighted by Gasteiger charge is -2.36. The van der Waals surface area contributed by atoms with Crippen molar-refractivity contribution in [3.63, 3.8) is 0 Å². The van der Waals surface area contributed by atoms with Crippen molar-refractivity contribution in [3.05, 3.63) is 78.5 Å². The van der Waals surface area contributed by atoms with E-state index in [-0.39, 0.29) is 35.6 Å². The molecular weight excluding hydrogens is 647 g/mol. The molecule has 2 saturated heterocycles. The van der Waals surface area contributed by atoms with Gasteiger partial charge in [-0.3, -0.25) is 9.71 Å². The Kier molecular flexibility index (Phi) is 9.09. The lowest BCUT2D eigenvalue weighted by Crippen LogP contribution is -2.50. The first-order valence-corrected chi connectivity index (χ1v) is 17.0. The predicted molar refractivity (Wildman–Crippen MR) is 175 cm³/mol. The van der Waals surface area contributed by atoms with E-state index < -0.39 is 45.0 Å². The Morgan fingerprint density at radius 1 is 0.896 bits per heavy atom. The second-order valence-corrected chi connectivity index (χ2v) is 14.4. The van der Waals surface area contributed by atoms with Gasteiger partial charge in [-0.25, -0.2) is 22.6 Å². The van der Waals surface area contributed by atoms with Crippen molar-refractivity contribution in [2.45, 2.75) is 39.2 Å². The first-order chi connectivity index (χ1) is 22.8. The minimum Gasteiger partial charge on any atom is -0.444 e. The molecule has 15 heteroatoms. The Balaban J connectivity index is 1.31. The van der Waals surface area contributed by atoms with Crippen LogP contribution in [0, 0.1) is 17.5 Å². The molecule has 2 aliphatic heterocycles. The molecule has 4 aromatic rings.